The Morgan fingerprint density at radius 2 is 2.38 bits per heavy atom. The number of pyridine rings is 1. The molecule has 16 heavy (non-hydrogen) atoms. The zero-order valence-electron chi connectivity index (χ0n) is 9.52. The lowest BCUT2D eigenvalue weighted by atomic mass is 10.2. The molecule has 1 saturated carbocycles. The van der Waals surface area contributed by atoms with Crippen LogP contribution in [0.15, 0.2) is 18.3 Å². The molecule has 0 aliphatic heterocycles. The van der Waals surface area contributed by atoms with E-state index in [9.17, 15) is 4.79 Å². The van der Waals surface area contributed by atoms with Crippen LogP contribution >= 0.6 is 0 Å². The number of carbonyl (C=O) groups is 1. The van der Waals surface area contributed by atoms with Crippen molar-refractivity contribution in [2.45, 2.75) is 19.4 Å². The van der Waals surface area contributed by atoms with Crippen molar-refractivity contribution in [1.82, 2.24) is 9.88 Å². The summed E-state index contributed by atoms with van der Waals surface area (Å²) in [5.74, 6) is 0.772. The largest absolute Gasteiger partial charge is 0.341 e. The highest BCUT2D eigenvalue weighted by Gasteiger charge is 2.25. The highest BCUT2D eigenvalue weighted by atomic mass is 16.2. The zero-order valence-corrected chi connectivity index (χ0v) is 9.52. The molecular formula is C12H17N3O. The van der Waals surface area contributed by atoms with Crippen LogP contribution in [-0.2, 0) is 6.54 Å². The molecule has 1 fully saturated rings. The molecule has 1 aromatic heterocycles. The van der Waals surface area contributed by atoms with Gasteiger partial charge in [0, 0.05) is 31.9 Å². The molecule has 1 aromatic rings. The van der Waals surface area contributed by atoms with Gasteiger partial charge in [0.1, 0.15) is 0 Å². The molecule has 2 rings (SSSR count). The van der Waals surface area contributed by atoms with Crippen molar-refractivity contribution in [2.24, 2.45) is 11.7 Å². The second-order valence-corrected chi connectivity index (χ2v) is 4.37. The molecule has 2 N–H and O–H groups in total. The van der Waals surface area contributed by atoms with Gasteiger partial charge in [-0.15, -0.1) is 0 Å². The Kier molecular flexibility index (Phi) is 3.19. The second-order valence-electron chi connectivity index (χ2n) is 4.37. The number of carbonyl (C=O) groups excluding carboxylic acids is 1. The minimum absolute atomic E-state index is 0.0593. The van der Waals surface area contributed by atoms with Crippen LogP contribution in [0.2, 0.25) is 0 Å². The van der Waals surface area contributed by atoms with E-state index in [1.165, 1.54) is 12.8 Å². The third-order valence-electron chi connectivity index (χ3n) is 2.85. The first-order valence-corrected chi connectivity index (χ1v) is 5.61. The van der Waals surface area contributed by atoms with Crippen LogP contribution in [0.3, 0.4) is 0 Å². The molecule has 1 amide bonds. The van der Waals surface area contributed by atoms with E-state index in [0.717, 1.165) is 12.2 Å². The van der Waals surface area contributed by atoms with Gasteiger partial charge in [0.25, 0.3) is 5.91 Å². The van der Waals surface area contributed by atoms with Gasteiger partial charge in [-0.25, -0.2) is 0 Å². The zero-order chi connectivity index (χ0) is 11.5. The van der Waals surface area contributed by atoms with E-state index in [1.807, 2.05) is 7.05 Å². The van der Waals surface area contributed by atoms with Gasteiger partial charge in [-0.1, -0.05) is 0 Å². The summed E-state index contributed by atoms with van der Waals surface area (Å²) < 4.78 is 0. The number of nitrogens with zero attached hydrogens (tertiary/aromatic N) is 2. The molecule has 4 nitrogen and oxygen atoms in total. The molecule has 86 valence electrons. The van der Waals surface area contributed by atoms with Gasteiger partial charge in [0.05, 0.1) is 5.69 Å². The molecule has 0 atom stereocenters. The predicted octanol–water partition coefficient (Wildman–Crippen LogP) is 1.02. The Hall–Kier alpha value is -1.42. The summed E-state index contributed by atoms with van der Waals surface area (Å²) in [6.07, 6.45) is 4.14. The fourth-order valence-electron chi connectivity index (χ4n) is 1.71. The Morgan fingerprint density at radius 1 is 1.62 bits per heavy atom. The fourth-order valence-corrected chi connectivity index (χ4v) is 1.71. The summed E-state index contributed by atoms with van der Waals surface area (Å²) in [7, 11) is 1.85. The minimum Gasteiger partial charge on any atom is -0.341 e. The van der Waals surface area contributed by atoms with Crippen molar-refractivity contribution in [2.75, 3.05) is 13.6 Å². The number of hydrogen-bond acceptors (Lipinski definition) is 3. The fraction of sp³-hybridized carbons (Fsp3) is 0.500. The molecule has 0 bridgehead atoms. The standard InChI is InChI=1S/C12H17N3O/c1-15(8-9-2-3-9)12(16)10-4-5-14-11(6-10)7-13/h4-6,9H,2-3,7-8,13H2,1H3. The molecule has 0 aromatic carbocycles. The van der Waals surface area contributed by atoms with Crippen LogP contribution in [0, 0.1) is 5.92 Å². The summed E-state index contributed by atoms with van der Waals surface area (Å²) in [4.78, 5) is 17.9. The average molecular weight is 219 g/mol. The SMILES string of the molecule is CN(CC1CC1)C(=O)c1ccnc(CN)c1. The number of aromatic nitrogens is 1. The van der Waals surface area contributed by atoms with Gasteiger partial charge >= 0.3 is 0 Å². The Bertz CT molecular complexity index is 388. The third kappa shape index (κ3) is 2.58. The number of hydrogen-bond donors (Lipinski definition) is 1. The lowest BCUT2D eigenvalue weighted by Gasteiger charge is -2.16. The molecule has 0 radical (unpaired) electrons. The summed E-state index contributed by atoms with van der Waals surface area (Å²) in [6.45, 7) is 1.23. The van der Waals surface area contributed by atoms with Crippen LogP contribution in [0.4, 0.5) is 0 Å². The van der Waals surface area contributed by atoms with Crippen LogP contribution < -0.4 is 5.73 Å². The van der Waals surface area contributed by atoms with E-state index < -0.39 is 0 Å². The van der Waals surface area contributed by atoms with Gasteiger partial charge in [0.15, 0.2) is 0 Å². The van der Waals surface area contributed by atoms with E-state index in [4.69, 9.17) is 5.73 Å². The van der Waals surface area contributed by atoms with E-state index in [-0.39, 0.29) is 5.91 Å². The molecule has 1 aliphatic carbocycles. The molecule has 4 heteroatoms. The lowest BCUT2D eigenvalue weighted by Crippen LogP contribution is -2.28. The Labute approximate surface area is 95.5 Å². The highest BCUT2D eigenvalue weighted by molar-refractivity contribution is 5.94. The van der Waals surface area contributed by atoms with Gasteiger partial charge in [0.2, 0.25) is 0 Å². The highest BCUT2D eigenvalue weighted by Crippen LogP contribution is 2.29. The van der Waals surface area contributed by atoms with E-state index in [0.29, 0.717) is 18.0 Å². The summed E-state index contributed by atoms with van der Waals surface area (Å²) in [5.41, 5.74) is 6.93. The number of rotatable bonds is 4. The maximum atomic E-state index is 12.0. The molecular weight excluding hydrogens is 202 g/mol. The predicted molar refractivity (Wildman–Crippen MR) is 61.8 cm³/mol. The van der Waals surface area contributed by atoms with Crippen LogP contribution in [0.1, 0.15) is 28.9 Å². The van der Waals surface area contributed by atoms with Crippen molar-refractivity contribution in [3.05, 3.63) is 29.6 Å². The molecule has 0 saturated heterocycles. The van der Waals surface area contributed by atoms with Crippen molar-refractivity contribution in [3.63, 3.8) is 0 Å². The summed E-state index contributed by atoms with van der Waals surface area (Å²) >= 11 is 0. The van der Waals surface area contributed by atoms with Crippen molar-refractivity contribution < 1.29 is 4.79 Å². The van der Waals surface area contributed by atoms with E-state index in [1.54, 1.807) is 23.2 Å². The molecule has 1 heterocycles. The first-order chi connectivity index (χ1) is 7.70. The second kappa shape index (κ2) is 4.61. The molecule has 0 spiro atoms. The van der Waals surface area contributed by atoms with Gasteiger partial charge in [-0.3, -0.25) is 9.78 Å². The first kappa shape index (κ1) is 11.1. The van der Waals surface area contributed by atoms with Gasteiger partial charge < -0.3 is 10.6 Å². The lowest BCUT2D eigenvalue weighted by molar-refractivity contribution is 0.0788. The quantitative estimate of drug-likeness (QED) is 0.822. The van der Waals surface area contributed by atoms with E-state index in [2.05, 4.69) is 4.98 Å². The third-order valence-corrected chi connectivity index (χ3v) is 2.85. The average Bonchev–Trinajstić information content (AvgIpc) is 3.12. The number of nitrogens with two attached hydrogens (primary N) is 1. The first-order valence-electron chi connectivity index (χ1n) is 5.61. The van der Waals surface area contributed by atoms with Gasteiger partial charge in [-0.05, 0) is 30.9 Å². The van der Waals surface area contributed by atoms with Crippen LogP contribution in [0.5, 0.6) is 0 Å². The van der Waals surface area contributed by atoms with Gasteiger partial charge in [-0.2, -0.15) is 0 Å². The molecule has 0 unspecified atom stereocenters. The van der Waals surface area contributed by atoms with E-state index >= 15 is 0 Å². The minimum atomic E-state index is 0.0593. The number of amides is 1. The van der Waals surface area contributed by atoms with Crippen LogP contribution in [-0.4, -0.2) is 29.4 Å². The molecule has 1 aliphatic rings. The monoisotopic (exact) mass is 219 g/mol. The van der Waals surface area contributed by atoms with Crippen molar-refractivity contribution >= 4 is 5.91 Å². The maximum Gasteiger partial charge on any atom is 0.253 e. The summed E-state index contributed by atoms with van der Waals surface area (Å²) in [5, 5.41) is 0. The maximum absolute atomic E-state index is 12.0. The topological polar surface area (TPSA) is 59.2 Å². The normalized spacial score (nSPS) is 14.9. The smallest absolute Gasteiger partial charge is 0.253 e. The van der Waals surface area contributed by atoms with Crippen molar-refractivity contribution in [3.8, 4) is 0 Å². The van der Waals surface area contributed by atoms with Crippen molar-refractivity contribution in [1.29, 1.82) is 0 Å². The Morgan fingerprint density at radius 3 is 3.00 bits per heavy atom. The van der Waals surface area contributed by atoms with Crippen LogP contribution in [0.25, 0.3) is 0 Å². The summed E-state index contributed by atoms with van der Waals surface area (Å²) in [6, 6.07) is 3.51. The Balaban J connectivity index is 2.06.